The van der Waals surface area contributed by atoms with Crippen LogP contribution in [0.15, 0.2) is 60.0 Å². The number of carbonyl (C=O) groups excluding carboxylic acids is 2. The quantitative estimate of drug-likeness (QED) is 0.602. The average molecular weight is 439 g/mol. The predicted octanol–water partition coefficient (Wildman–Crippen LogP) is 4.12. The second-order valence-electron chi connectivity index (χ2n) is 7.57. The van der Waals surface area contributed by atoms with Crippen molar-refractivity contribution in [1.82, 2.24) is 19.8 Å². The SMILES string of the molecule is O=C(NCc1ccccc1)[C@@H](c1ccccc1F)N(C(=O)c1csnn1)C1CCCC1. The molecule has 0 saturated heterocycles. The van der Waals surface area contributed by atoms with Gasteiger partial charge >= 0.3 is 0 Å². The molecule has 1 aromatic heterocycles. The summed E-state index contributed by atoms with van der Waals surface area (Å²) in [5.74, 6) is -1.34. The molecule has 1 N–H and O–H groups in total. The maximum Gasteiger partial charge on any atom is 0.276 e. The summed E-state index contributed by atoms with van der Waals surface area (Å²) >= 11 is 1.07. The van der Waals surface area contributed by atoms with E-state index < -0.39 is 23.7 Å². The smallest absolute Gasteiger partial charge is 0.276 e. The Balaban J connectivity index is 1.70. The summed E-state index contributed by atoms with van der Waals surface area (Å²) in [5.41, 5.74) is 1.27. The van der Waals surface area contributed by atoms with Gasteiger partial charge in [-0.1, -0.05) is 65.9 Å². The van der Waals surface area contributed by atoms with Crippen LogP contribution in [0.2, 0.25) is 0 Å². The van der Waals surface area contributed by atoms with Gasteiger partial charge in [0.1, 0.15) is 11.9 Å². The van der Waals surface area contributed by atoms with Gasteiger partial charge in [-0.15, -0.1) is 5.10 Å². The highest BCUT2D eigenvalue weighted by molar-refractivity contribution is 7.03. The minimum Gasteiger partial charge on any atom is -0.350 e. The summed E-state index contributed by atoms with van der Waals surface area (Å²) in [6, 6.07) is 14.4. The van der Waals surface area contributed by atoms with Crippen molar-refractivity contribution in [3.05, 3.63) is 82.6 Å². The Hall–Kier alpha value is -3.13. The van der Waals surface area contributed by atoms with Crippen molar-refractivity contribution in [3.8, 4) is 0 Å². The molecule has 1 atom stereocenters. The lowest BCUT2D eigenvalue weighted by Gasteiger charge is -2.35. The van der Waals surface area contributed by atoms with Crippen LogP contribution < -0.4 is 5.32 Å². The maximum atomic E-state index is 14.9. The average Bonchev–Trinajstić information content (AvgIpc) is 3.51. The molecule has 31 heavy (non-hydrogen) atoms. The van der Waals surface area contributed by atoms with E-state index in [1.807, 2.05) is 30.3 Å². The predicted molar refractivity (Wildman–Crippen MR) is 116 cm³/mol. The van der Waals surface area contributed by atoms with Crippen LogP contribution in [0.3, 0.4) is 0 Å². The number of carbonyl (C=O) groups is 2. The van der Waals surface area contributed by atoms with E-state index in [-0.39, 0.29) is 23.8 Å². The van der Waals surface area contributed by atoms with Crippen LogP contribution in [0, 0.1) is 5.82 Å². The zero-order chi connectivity index (χ0) is 21.6. The first kappa shape index (κ1) is 21.1. The number of hydrogen-bond donors (Lipinski definition) is 1. The van der Waals surface area contributed by atoms with Crippen LogP contribution >= 0.6 is 11.5 Å². The molecule has 2 amide bonds. The first-order chi connectivity index (χ1) is 15.1. The molecule has 1 aliphatic carbocycles. The fourth-order valence-corrected chi connectivity index (χ4v) is 4.49. The van der Waals surface area contributed by atoms with Crippen molar-refractivity contribution in [1.29, 1.82) is 0 Å². The Labute approximate surface area is 184 Å². The number of amides is 2. The van der Waals surface area contributed by atoms with Crippen molar-refractivity contribution in [3.63, 3.8) is 0 Å². The van der Waals surface area contributed by atoms with Crippen molar-refractivity contribution in [2.45, 2.75) is 44.3 Å². The lowest BCUT2D eigenvalue weighted by molar-refractivity contribution is -0.127. The summed E-state index contributed by atoms with van der Waals surface area (Å²) < 4.78 is 18.7. The van der Waals surface area contributed by atoms with E-state index in [1.165, 1.54) is 11.0 Å². The highest BCUT2D eigenvalue weighted by atomic mass is 32.1. The maximum absolute atomic E-state index is 14.9. The Kier molecular flexibility index (Phi) is 6.66. The van der Waals surface area contributed by atoms with Crippen LogP contribution in [0.5, 0.6) is 0 Å². The van der Waals surface area contributed by atoms with E-state index in [1.54, 1.807) is 23.6 Å². The van der Waals surface area contributed by atoms with Crippen LogP contribution in [-0.2, 0) is 11.3 Å². The van der Waals surface area contributed by atoms with E-state index in [4.69, 9.17) is 0 Å². The lowest BCUT2D eigenvalue weighted by Crippen LogP contribution is -2.48. The van der Waals surface area contributed by atoms with E-state index in [9.17, 15) is 14.0 Å². The third kappa shape index (κ3) is 4.80. The molecule has 0 spiro atoms. The van der Waals surface area contributed by atoms with Crippen molar-refractivity contribution in [2.75, 3.05) is 0 Å². The molecular weight excluding hydrogens is 415 g/mol. The highest BCUT2D eigenvalue weighted by Gasteiger charge is 2.39. The number of rotatable bonds is 7. The standard InChI is InChI=1S/C23H23FN4O2S/c24-19-13-7-6-12-18(19)21(22(29)25-14-16-8-2-1-3-9-16)28(17-10-4-5-11-17)23(30)20-15-31-27-26-20/h1-3,6-9,12-13,15,17,21H,4-5,10-11,14H2,(H,25,29)/t21-/m1/s1. The molecule has 1 fully saturated rings. The number of benzene rings is 2. The van der Waals surface area contributed by atoms with Gasteiger partial charge in [0.2, 0.25) is 5.91 Å². The largest absolute Gasteiger partial charge is 0.350 e. The summed E-state index contributed by atoms with van der Waals surface area (Å²) in [4.78, 5) is 28.4. The Bertz CT molecular complexity index is 1020. The highest BCUT2D eigenvalue weighted by Crippen LogP contribution is 2.34. The molecule has 0 radical (unpaired) electrons. The van der Waals surface area contributed by atoms with Gasteiger partial charge in [-0.2, -0.15) is 0 Å². The van der Waals surface area contributed by atoms with Gasteiger partial charge in [0, 0.05) is 23.5 Å². The molecule has 0 unspecified atom stereocenters. The molecule has 160 valence electrons. The molecule has 1 aliphatic rings. The lowest BCUT2D eigenvalue weighted by atomic mass is 10.00. The fourth-order valence-electron chi connectivity index (χ4n) is 4.06. The molecule has 6 nitrogen and oxygen atoms in total. The molecule has 0 bridgehead atoms. The monoisotopic (exact) mass is 438 g/mol. The van der Waals surface area contributed by atoms with Crippen LogP contribution in [0.1, 0.15) is 53.3 Å². The molecule has 0 aliphatic heterocycles. The summed E-state index contributed by atoms with van der Waals surface area (Å²) in [5, 5.41) is 8.37. The minimum atomic E-state index is -1.10. The van der Waals surface area contributed by atoms with Crippen LogP contribution in [0.25, 0.3) is 0 Å². The number of halogens is 1. The van der Waals surface area contributed by atoms with Gasteiger partial charge in [0.05, 0.1) is 0 Å². The van der Waals surface area contributed by atoms with Crippen molar-refractivity contribution in [2.24, 2.45) is 0 Å². The van der Waals surface area contributed by atoms with Gasteiger partial charge in [-0.3, -0.25) is 9.59 Å². The van der Waals surface area contributed by atoms with Gasteiger partial charge in [-0.05, 0) is 36.0 Å². The van der Waals surface area contributed by atoms with E-state index >= 15 is 0 Å². The van der Waals surface area contributed by atoms with Crippen LogP contribution in [-0.4, -0.2) is 32.3 Å². The van der Waals surface area contributed by atoms with Crippen molar-refractivity contribution < 1.29 is 14.0 Å². The molecule has 1 heterocycles. The summed E-state index contributed by atoms with van der Waals surface area (Å²) in [6.45, 7) is 0.287. The van der Waals surface area contributed by atoms with Gasteiger partial charge in [-0.25, -0.2) is 4.39 Å². The zero-order valence-corrected chi connectivity index (χ0v) is 17.7. The van der Waals surface area contributed by atoms with Gasteiger partial charge in [0.15, 0.2) is 5.69 Å². The van der Waals surface area contributed by atoms with E-state index in [0.29, 0.717) is 0 Å². The Morgan fingerprint density at radius 1 is 1.10 bits per heavy atom. The van der Waals surface area contributed by atoms with E-state index in [0.717, 1.165) is 42.8 Å². The van der Waals surface area contributed by atoms with Crippen LogP contribution in [0.4, 0.5) is 4.39 Å². The number of aromatic nitrogens is 2. The van der Waals surface area contributed by atoms with Gasteiger partial charge in [0.25, 0.3) is 5.91 Å². The third-order valence-electron chi connectivity index (χ3n) is 5.57. The third-order valence-corrected chi connectivity index (χ3v) is 6.07. The normalized spacial score (nSPS) is 14.9. The van der Waals surface area contributed by atoms with Crippen molar-refractivity contribution >= 4 is 23.3 Å². The second kappa shape index (κ2) is 9.78. The molecule has 2 aromatic carbocycles. The van der Waals surface area contributed by atoms with E-state index in [2.05, 4.69) is 14.9 Å². The molecular formula is C23H23FN4O2S. The molecule has 3 aromatic rings. The molecule has 4 rings (SSSR count). The zero-order valence-electron chi connectivity index (χ0n) is 16.9. The van der Waals surface area contributed by atoms with Gasteiger partial charge < -0.3 is 10.2 Å². The first-order valence-corrected chi connectivity index (χ1v) is 11.1. The topological polar surface area (TPSA) is 75.2 Å². The minimum absolute atomic E-state index is 0.165. The first-order valence-electron chi connectivity index (χ1n) is 10.3. The molecule has 8 heteroatoms. The Morgan fingerprint density at radius 2 is 1.81 bits per heavy atom. The number of nitrogens with zero attached hydrogens (tertiary/aromatic N) is 3. The molecule has 1 saturated carbocycles. The number of nitrogens with one attached hydrogen (secondary N) is 1. The summed E-state index contributed by atoms with van der Waals surface area (Å²) in [6.07, 6.45) is 3.44. The second-order valence-corrected chi connectivity index (χ2v) is 8.18. The summed E-state index contributed by atoms with van der Waals surface area (Å²) in [7, 11) is 0. The fraction of sp³-hybridized carbons (Fsp3) is 0.304. The number of hydrogen-bond acceptors (Lipinski definition) is 5. The Morgan fingerprint density at radius 3 is 2.48 bits per heavy atom.